The standard InChI is InChI=1S/C14H26N2OS/c1-11(2)10-17-7-6-15-8-12-9-16-13(18-12)14(3,4)5/h9,11,15H,6-8,10H2,1-5H3. The summed E-state index contributed by atoms with van der Waals surface area (Å²) in [6.07, 6.45) is 1.98. The minimum absolute atomic E-state index is 0.156. The Bertz CT molecular complexity index is 342. The maximum atomic E-state index is 5.52. The Kier molecular flexibility index (Phi) is 6.26. The summed E-state index contributed by atoms with van der Waals surface area (Å²) in [5, 5.41) is 4.59. The zero-order valence-corrected chi connectivity index (χ0v) is 13.1. The second-order valence-electron chi connectivity index (χ2n) is 6.03. The van der Waals surface area contributed by atoms with Gasteiger partial charge in [0.2, 0.25) is 0 Å². The Morgan fingerprint density at radius 3 is 2.67 bits per heavy atom. The number of ether oxygens (including phenoxy) is 1. The third-order valence-corrected chi connectivity index (χ3v) is 3.79. The SMILES string of the molecule is CC(C)COCCNCc1cnc(C(C)(C)C)s1. The van der Waals surface area contributed by atoms with Gasteiger partial charge in [-0.3, -0.25) is 0 Å². The van der Waals surface area contributed by atoms with Crippen LogP contribution in [0.15, 0.2) is 6.20 Å². The van der Waals surface area contributed by atoms with E-state index in [0.29, 0.717) is 5.92 Å². The molecule has 1 aromatic heterocycles. The van der Waals surface area contributed by atoms with E-state index in [1.165, 1.54) is 9.88 Å². The summed E-state index contributed by atoms with van der Waals surface area (Å²) >= 11 is 1.79. The van der Waals surface area contributed by atoms with Crippen molar-refractivity contribution in [3.05, 3.63) is 16.1 Å². The van der Waals surface area contributed by atoms with Crippen molar-refractivity contribution in [3.63, 3.8) is 0 Å². The quantitative estimate of drug-likeness (QED) is 0.773. The molecule has 1 heterocycles. The lowest BCUT2D eigenvalue weighted by Gasteiger charge is -2.13. The second kappa shape index (κ2) is 7.22. The van der Waals surface area contributed by atoms with Crippen molar-refractivity contribution < 1.29 is 4.74 Å². The average molecular weight is 270 g/mol. The van der Waals surface area contributed by atoms with Gasteiger partial charge in [-0.05, 0) is 5.92 Å². The van der Waals surface area contributed by atoms with Crippen LogP contribution >= 0.6 is 11.3 Å². The summed E-state index contributed by atoms with van der Waals surface area (Å²) in [4.78, 5) is 5.77. The molecule has 0 spiro atoms. The Morgan fingerprint density at radius 2 is 2.11 bits per heavy atom. The lowest BCUT2D eigenvalue weighted by atomic mass is 9.98. The van der Waals surface area contributed by atoms with Crippen molar-refractivity contribution in [2.45, 2.75) is 46.6 Å². The van der Waals surface area contributed by atoms with E-state index in [2.05, 4.69) is 44.9 Å². The highest BCUT2D eigenvalue weighted by molar-refractivity contribution is 7.11. The van der Waals surface area contributed by atoms with Gasteiger partial charge in [-0.1, -0.05) is 34.6 Å². The fourth-order valence-corrected chi connectivity index (χ4v) is 2.35. The number of hydrogen-bond donors (Lipinski definition) is 1. The molecule has 104 valence electrons. The first kappa shape index (κ1) is 15.6. The van der Waals surface area contributed by atoms with E-state index in [1.54, 1.807) is 11.3 Å². The molecule has 0 unspecified atom stereocenters. The number of aromatic nitrogens is 1. The van der Waals surface area contributed by atoms with Crippen LogP contribution in [0.5, 0.6) is 0 Å². The van der Waals surface area contributed by atoms with E-state index in [9.17, 15) is 0 Å². The molecule has 0 saturated heterocycles. The molecule has 0 aliphatic rings. The summed E-state index contributed by atoms with van der Waals surface area (Å²) in [5.41, 5.74) is 0.156. The number of nitrogens with zero attached hydrogens (tertiary/aromatic N) is 1. The zero-order chi connectivity index (χ0) is 13.6. The van der Waals surface area contributed by atoms with Gasteiger partial charge in [-0.2, -0.15) is 0 Å². The van der Waals surface area contributed by atoms with E-state index in [0.717, 1.165) is 26.3 Å². The van der Waals surface area contributed by atoms with Gasteiger partial charge in [-0.25, -0.2) is 4.98 Å². The van der Waals surface area contributed by atoms with Crippen molar-refractivity contribution in [2.75, 3.05) is 19.8 Å². The van der Waals surface area contributed by atoms with Crippen molar-refractivity contribution >= 4 is 11.3 Å². The molecule has 1 rings (SSSR count). The number of nitrogens with one attached hydrogen (secondary N) is 1. The largest absolute Gasteiger partial charge is 0.380 e. The van der Waals surface area contributed by atoms with Crippen LogP contribution in [-0.4, -0.2) is 24.7 Å². The average Bonchev–Trinajstić information content (AvgIpc) is 2.71. The Morgan fingerprint density at radius 1 is 1.39 bits per heavy atom. The smallest absolute Gasteiger partial charge is 0.0981 e. The minimum atomic E-state index is 0.156. The van der Waals surface area contributed by atoms with Crippen LogP contribution < -0.4 is 5.32 Å². The molecular weight excluding hydrogens is 244 g/mol. The van der Waals surface area contributed by atoms with Gasteiger partial charge in [0.1, 0.15) is 0 Å². The van der Waals surface area contributed by atoms with E-state index in [1.807, 2.05) is 6.20 Å². The minimum Gasteiger partial charge on any atom is -0.380 e. The van der Waals surface area contributed by atoms with Gasteiger partial charge in [0.25, 0.3) is 0 Å². The van der Waals surface area contributed by atoms with Crippen molar-refractivity contribution in [1.82, 2.24) is 10.3 Å². The fraction of sp³-hybridized carbons (Fsp3) is 0.786. The van der Waals surface area contributed by atoms with Crippen LogP contribution in [0.1, 0.15) is 44.5 Å². The lowest BCUT2D eigenvalue weighted by molar-refractivity contribution is 0.111. The third-order valence-electron chi connectivity index (χ3n) is 2.37. The predicted octanol–water partition coefficient (Wildman–Crippen LogP) is 3.20. The molecule has 0 aromatic carbocycles. The van der Waals surface area contributed by atoms with Crippen molar-refractivity contribution in [1.29, 1.82) is 0 Å². The van der Waals surface area contributed by atoms with Gasteiger partial charge in [0, 0.05) is 36.2 Å². The molecule has 0 fully saturated rings. The van der Waals surface area contributed by atoms with Crippen LogP contribution in [0.3, 0.4) is 0 Å². The Labute approximate surface area is 115 Å². The normalized spacial score (nSPS) is 12.3. The van der Waals surface area contributed by atoms with Crippen molar-refractivity contribution in [2.24, 2.45) is 5.92 Å². The van der Waals surface area contributed by atoms with E-state index < -0.39 is 0 Å². The molecule has 18 heavy (non-hydrogen) atoms. The van der Waals surface area contributed by atoms with Crippen LogP contribution in [0.25, 0.3) is 0 Å². The third kappa shape index (κ3) is 5.94. The van der Waals surface area contributed by atoms with Crippen LogP contribution in [-0.2, 0) is 16.7 Å². The molecule has 0 aliphatic carbocycles. The van der Waals surface area contributed by atoms with E-state index in [4.69, 9.17) is 4.74 Å². The number of hydrogen-bond acceptors (Lipinski definition) is 4. The molecule has 0 bridgehead atoms. The molecule has 0 aliphatic heterocycles. The monoisotopic (exact) mass is 270 g/mol. The molecule has 4 heteroatoms. The van der Waals surface area contributed by atoms with Gasteiger partial charge in [0.15, 0.2) is 0 Å². The molecule has 3 nitrogen and oxygen atoms in total. The first-order chi connectivity index (χ1) is 8.39. The van der Waals surface area contributed by atoms with E-state index in [-0.39, 0.29) is 5.41 Å². The summed E-state index contributed by atoms with van der Waals surface area (Å²) in [5.74, 6) is 0.612. The van der Waals surface area contributed by atoms with E-state index >= 15 is 0 Å². The molecular formula is C14H26N2OS. The fourth-order valence-electron chi connectivity index (χ4n) is 1.41. The summed E-state index contributed by atoms with van der Waals surface area (Å²) in [6.45, 7) is 14.3. The van der Waals surface area contributed by atoms with Gasteiger partial charge >= 0.3 is 0 Å². The summed E-state index contributed by atoms with van der Waals surface area (Å²) in [7, 11) is 0. The predicted molar refractivity (Wildman–Crippen MR) is 78.2 cm³/mol. The Balaban J connectivity index is 2.18. The van der Waals surface area contributed by atoms with Crippen LogP contribution in [0.2, 0.25) is 0 Å². The van der Waals surface area contributed by atoms with Crippen molar-refractivity contribution in [3.8, 4) is 0 Å². The number of thiazole rings is 1. The number of rotatable bonds is 7. The Hall–Kier alpha value is -0.450. The summed E-state index contributed by atoms with van der Waals surface area (Å²) in [6, 6.07) is 0. The molecule has 0 radical (unpaired) electrons. The first-order valence-corrected chi connectivity index (χ1v) is 7.45. The van der Waals surface area contributed by atoms with Gasteiger partial charge < -0.3 is 10.1 Å². The van der Waals surface area contributed by atoms with Gasteiger partial charge in [-0.15, -0.1) is 11.3 Å². The maximum absolute atomic E-state index is 5.52. The molecule has 0 saturated carbocycles. The van der Waals surface area contributed by atoms with Crippen LogP contribution in [0, 0.1) is 5.92 Å². The molecule has 1 aromatic rings. The van der Waals surface area contributed by atoms with Gasteiger partial charge in [0.05, 0.1) is 11.6 Å². The lowest BCUT2D eigenvalue weighted by Crippen LogP contribution is -2.19. The molecule has 1 N–H and O–H groups in total. The maximum Gasteiger partial charge on any atom is 0.0981 e. The first-order valence-electron chi connectivity index (χ1n) is 6.63. The zero-order valence-electron chi connectivity index (χ0n) is 12.2. The second-order valence-corrected chi connectivity index (χ2v) is 7.14. The topological polar surface area (TPSA) is 34.1 Å². The molecule has 0 amide bonds. The molecule has 0 atom stereocenters. The highest BCUT2D eigenvalue weighted by Crippen LogP contribution is 2.26. The van der Waals surface area contributed by atoms with Crippen LogP contribution in [0.4, 0.5) is 0 Å². The summed E-state index contributed by atoms with van der Waals surface area (Å²) < 4.78 is 5.52. The highest BCUT2D eigenvalue weighted by atomic mass is 32.1. The highest BCUT2D eigenvalue weighted by Gasteiger charge is 2.17.